The first-order chi connectivity index (χ1) is 13.3. The topological polar surface area (TPSA) is 95.6 Å². The number of likely N-dealkylation sites (tertiary alicyclic amines) is 1. The van der Waals surface area contributed by atoms with Gasteiger partial charge in [-0.1, -0.05) is 26.0 Å². The maximum atomic E-state index is 12.9. The van der Waals surface area contributed by atoms with E-state index in [9.17, 15) is 14.4 Å². The third-order valence-electron chi connectivity index (χ3n) is 5.41. The predicted molar refractivity (Wildman–Crippen MR) is 103 cm³/mol. The Morgan fingerprint density at radius 1 is 1.21 bits per heavy atom. The number of aromatic amines is 1. The summed E-state index contributed by atoms with van der Waals surface area (Å²) in [7, 11) is 0. The van der Waals surface area contributed by atoms with Gasteiger partial charge in [-0.3, -0.25) is 9.59 Å². The number of aromatic nitrogens is 2. The van der Waals surface area contributed by atoms with Gasteiger partial charge >= 0.3 is 6.09 Å². The summed E-state index contributed by atoms with van der Waals surface area (Å²) in [6, 6.07) is 7.17. The monoisotopic (exact) mass is 384 g/mol. The van der Waals surface area contributed by atoms with Crippen molar-refractivity contribution in [2.45, 2.75) is 32.7 Å². The Morgan fingerprint density at radius 3 is 2.68 bits per heavy atom. The Morgan fingerprint density at radius 2 is 1.93 bits per heavy atom. The van der Waals surface area contributed by atoms with Crippen LogP contribution < -0.4 is 5.56 Å². The molecule has 8 nitrogen and oxygen atoms in total. The molecule has 1 aromatic heterocycles. The lowest BCUT2D eigenvalue weighted by Gasteiger charge is -2.44. The lowest BCUT2D eigenvalue weighted by atomic mass is 9.91. The molecule has 0 radical (unpaired) electrons. The van der Waals surface area contributed by atoms with Gasteiger partial charge in [0.15, 0.2) is 5.69 Å². The van der Waals surface area contributed by atoms with Crippen molar-refractivity contribution < 1.29 is 14.3 Å². The molecule has 2 saturated heterocycles. The first-order valence-corrected chi connectivity index (χ1v) is 9.56. The number of para-hydroxylation sites is 2. The maximum Gasteiger partial charge on any atom is 0.410 e. The van der Waals surface area contributed by atoms with Gasteiger partial charge in [-0.15, -0.1) is 0 Å². The Kier molecular flexibility index (Phi) is 4.56. The molecule has 0 unspecified atom stereocenters. The third kappa shape index (κ3) is 3.46. The van der Waals surface area contributed by atoms with Crippen LogP contribution in [0.5, 0.6) is 0 Å². The number of rotatable bonds is 2. The molecule has 0 atom stereocenters. The fraction of sp³-hybridized carbons (Fsp3) is 0.500. The molecular formula is C20H24N4O4. The Hall–Kier alpha value is -2.90. The van der Waals surface area contributed by atoms with Crippen LogP contribution in [0.1, 0.15) is 37.2 Å². The summed E-state index contributed by atoms with van der Waals surface area (Å²) in [5.41, 5.74) is 0.541. The quantitative estimate of drug-likeness (QED) is 0.854. The van der Waals surface area contributed by atoms with Crippen LogP contribution in [-0.2, 0) is 4.74 Å². The van der Waals surface area contributed by atoms with Crippen LogP contribution >= 0.6 is 0 Å². The van der Waals surface area contributed by atoms with Gasteiger partial charge in [-0.25, -0.2) is 9.78 Å². The Labute approximate surface area is 162 Å². The van der Waals surface area contributed by atoms with Gasteiger partial charge in [0, 0.05) is 31.1 Å². The standard InChI is InChI=1S/C20H24N4O4/c1-20(2)11-24(19(27)28-12-20)13-7-9-23(10-8-13)18(26)16-17(25)22-15-6-4-3-5-14(15)21-16/h3-6,13H,7-12H2,1-2H3,(H,22,25). The van der Waals surface area contributed by atoms with E-state index in [-0.39, 0.29) is 29.2 Å². The zero-order chi connectivity index (χ0) is 19.9. The van der Waals surface area contributed by atoms with Crippen molar-refractivity contribution in [3.05, 3.63) is 40.3 Å². The average Bonchev–Trinajstić information content (AvgIpc) is 2.69. The number of amides is 2. The zero-order valence-corrected chi connectivity index (χ0v) is 16.1. The van der Waals surface area contributed by atoms with E-state index in [0.29, 0.717) is 50.1 Å². The van der Waals surface area contributed by atoms with E-state index < -0.39 is 5.56 Å². The van der Waals surface area contributed by atoms with Crippen molar-refractivity contribution in [2.24, 2.45) is 5.41 Å². The lowest BCUT2D eigenvalue weighted by molar-refractivity contribution is -0.0153. The van der Waals surface area contributed by atoms with Crippen molar-refractivity contribution in [1.82, 2.24) is 19.8 Å². The maximum absolute atomic E-state index is 12.9. The van der Waals surface area contributed by atoms with Crippen LogP contribution in [0.25, 0.3) is 11.0 Å². The number of benzene rings is 1. The fourth-order valence-electron chi connectivity index (χ4n) is 3.89. The highest BCUT2D eigenvalue weighted by molar-refractivity contribution is 5.93. The van der Waals surface area contributed by atoms with E-state index in [4.69, 9.17) is 4.74 Å². The van der Waals surface area contributed by atoms with Crippen LogP contribution in [0.2, 0.25) is 0 Å². The number of cyclic esters (lactones) is 1. The minimum absolute atomic E-state index is 0.0407. The second kappa shape index (κ2) is 6.92. The first kappa shape index (κ1) is 18.5. The number of nitrogens with one attached hydrogen (secondary N) is 1. The van der Waals surface area contributed by atoms with Crippen LogP contribution in [-0.4, -0.2) is 64.1 Å². The molecule has 4 rings (SSSR count). The highest BCUT2D eigenvalue weighted by atomic mass is 16.6. The molecule has 8 heteroatoms. The second-order valence-electron chi connectivity index (χ2n) is 8.30. The van der Waals surface area contributed by atoms with Gasteiger partial charge in [0.25, 0.3) is 11.5 Å². The number of H-pyrrole nitrogens is 1. The van der Waals surface area contributed by atoms with E-state index in [0.717, 1.165) is 0 Å². The van der Waals surface area contributed by atoms with Gasteiger partial charge in [0.05, 0.1) is 17.6 Å². The van der Waals surface area contributed by atoms with Crippen molar-refractivity contribution in [3.63, 3.8) is 0 Å². The molecule has 28 heavy (non-hydrogen) atoms. The van der Waals surface area contributed by atoms with E-state index in [1.54, 1.807) is 28.0 Å². The third-order valence-corrected chi connectivity index (χ3v) is 5.41. The van der Waals surface area contributed by atoms with Gasteiger partial charge in [-0.2, -0.15) is 0 Å². The highest BCUT2D eigenvalue weighted by Crippen LogP contribution is 2.28. The van der Waals surface area contributed by atoms with Crippen LogP contribution in [0.15, 0.2) is 29.1 Å². The number of hydrogen-bond acceptors (Lipinski definition) is 5. The van der Waals surface area contributed by atoms with E-state index in [1.165, 1.54) is 0 Å². The van der Waals surface area contributed by atoms with Crippen LogP contribution in [0.3, 0.4) is 0 Å². The van der Waals surface area contributed by atoms with E-state index in [1.807, 2.05) is 6.07 Å². The number of hydrogen-bond donors (Lipinski definition) is 1. The summed E-state index contributed by atoms with van der Waals surface area (Å²) in [6.45, 7) is 6.17. The Bertz CT molecular complexity index is 976. The van der Waals surface area contributed by atoms with Gasteiger partial charge in [-0.05, 0) is 25.0 Å². The molecule has 2 amide bonds. The van der Waals surface area contributed by atoms with Crippen molar-refractivity contribution in [1.29, 1.82) is 0 Å². The molecule has 2 fully saturated rings. The molecular weight excluding hydrogens is 360 g/mol. The average molecular weight is 384 g/mol. The highest BCUT2D eigenvalue weighted by Gasteiger charge is 2.38. The van der Waals surface area contributed by atoms with E-state index in [2.05, 4.69) is 23.8 Å². The summed E-state index contributed by atoms with van der Waals surface area (Å²) in [5.74, 6) is -0.369. The summed E-state index contributed by atoms with van der Waals surface area (Å²) in [4.78, 5) is 47.7. The molecule has 0 spiro atoms. The first-order valence-electron chi connectivity index (χ1n) is 9.56. The number of piperidine rings is 1. The van der Waals surface area contributed by atoms with Crippen LogP contribution in [0, 0.1) is 5.41 Å². The molecule has 2 aliphatic heterocycles. The summed E-state index contributed by atoms with van der Waals surface area (Å²) >= 11 is 0. The van der Waals surface area contributed by atoms with Crippen molar-refractivity contribution in [3.8, 4) is 0 Å². The minimum Gasteiger partial charge on any atom is -0.449 e. The molecule has 0 bridgehead atoms. The minimum atomic E-state index is -0.479. The normalized spacial score (nSPS) is 20.3. The number of carbonyl (C=O) groups excluding carboxylic acids is 2. The molecule has 1 aromatic carbocycles. The molecule has 2 aromatic rings. The van der Waals surface area contributed by atoms with Gasteiger partial charge < -0.3 is 19.5 Å². The molecule has 0 saturated carbocycles. The smallest absolute Gasteiger partial charge is 0.410 e. The number of ether oxygens (including phenoxy) is 1. The lowest BCUT2D eigenvalue weighted by Crippen LogP contribution is -2.55. The zero-order valence-electron chi connectivity index (χ0n) is 16.1. The van der Waals surface area contributed by atoms with Crippen molar-refractivity contribution >= 4 is 23.0 Å². The summed E-state index contributed by atoms with van der Waals surface area (Å²) in [6.07, 6.45) is 1.03. The molecule has 1 N–H and O–H groups in total. The fourth-order valence-corrected chi connectivity index (χ4v) is 3.89. The summed E-state index contributed by atoms with van der Waals surface area (Å²) in [5, 5.41) is 0. The second-order valence-corrected chi connectivity index (χ2v) is 8.30. The summed E-state index contributed by atoms with van der Waals surface area (Å²) < 4.78 is 5.31. The molecule has 148 valence electrons. The molecule has 0 aliphatic carbocycles. The van der Waals surface area contributed by atoms with Crippen LogP contribution in [0.4, 0.5) is 4.79 Å². The molecule has 2 aliphatic rings. The predicted octanol–water partition coefficient (Wildman–Crippen LogP) is 2.01. The largest absolute Gasteiger partial charge is 0.449 e. The van der Waals surface area contributed by atoms with E-state index >= 15 is 0 Å². The number of nitrogens with zero attached hydrogens (tertiary/aromatic N) is 3. The number of carbonyl (C=O) groups is 2. The van der Waals surface area contributed by atoms with Gasteiger partial charge in [0.1, 0.15) is 0 Å². The number of fused-ring (bicyclic) bond motifs is 1. The van der Waals surface area contributed by atoms with Crippen molar-refractivity contribution in [2.75, 3.05) is 26.2 Å². The SMILES string of the molecule is CC1(C)COC(=O)N(C2CCN(C(=O)c3nc4ccccc4[nH]c3=O)CC2)C1. The van der Waals surface area contributed by atoms with Gasteiger partial charge in [0.2, 0.25) is 0 Å². The Balaban J connectivity index is 1.47. The molecule has 3 heterocycles.